The average Bonchev–Trinajstić information content (AvgIpc) is 2.56. The third kappa shape index (κ3) is 5.84. The van der Waals surface area contributed by atoms with Gasteiger partial charge in [-0.1, -0.05) is 0 Å². The highest BCUT2D eigenvalue weighted by Gasteiger charge is 2.32. The van der Waals surface area contributed by atoms with Crippen LogP contribution in [0.2, 0.25) is 0 Å². The van der Waals surface area contributed by atoms with Crippen LogP contribution in [0.5, 0.6) is 0 Å². The lowest BCUT2D eigenvalue weighted by atomic mass is 10.2. The monoisotopic (exact) mass is 474 g/mol. The maximum absolute atomic E-state index is 12.6. The van der Waals surface area contributed by atoms with Crippen LogP contribution in [0.1, 0.15) is 5.56 Å². The van der Waals surface area contributed by atoms with Crippen molar-refractivity contribution in [3.05, 3.63) is 58.9 Å². The number of benzene rings is 2. The maximum Gasteiger partial charge on any atom is 0.416 e. The van der Waals surface area contributed by atoms with Gasteiger partial charge in [0.2, 0.25) is 5.82 Å². The normalized spacial score (nSPS) is 12.3. The summed E-state index contributed by atoms with van der Waals surface area (Å²) in [5.41, 5.74) is -0.968. The van der Waals surface area contributed by atoms with Crippen molar-refractivity contribution in [3.8, 4) is 0 Å². The van der Waals surface area contributed by atoms with E-state index in [2.05, 4.69) is 0 Å². The fourth-order valence-corrected chi connectivity index (χ4v) is 2.74. The Kier molecular flexibility index (Phi) is 7.00. The number of hydrogen-bond donors (Lipinski definition) is 2. The van der Waals surface area contributed by atoms with E-state index >= 15 is 0 Å². The minimum absolute atomic E-state index is 0.564. The van der Waals surface area contributed by atoms with Crippen molar-refractivity contribution in [2.24, 2.45) is 0 Å². The third-order valence-electron chi connectivity index (χ3n) is 2.91. The number of alkyl halides is 3. The molecule has 6 nitrogen and oxygen atoms in total. The lowest BCUT2D eigenvalue weighted by molar-refractivity contribution is -0.137. The molecule has 2 N–H and O–H groups in total. The molecule has 0 radical (unpaired) electrons. The zero-order valence-electron chi connectivity index (χ0n) is 13.2. The highest BCUT2D eigenvalue weighted by Crippen LogP contribution is 2.29. The van der Waals surface area contributed by atoms with Crippen LogP contribution in [0, 0.1) is 29.1 Å². The van der Waals surface area contributed by atoms with Crippen LogP contribution in [-0.4, -0.2) is 25.9 Å². The van der Waals surface area contributed by atoms with Crippen molar-refractivity contribution in [1.82, 2.24) is 0 Å². The summed E-state index contributed by atoms with van der Waals surface area (Å²) in [7, 11) is -9.96. The van der Waals surface area contributed by atoms with E-state index in [4.69, 9.17) is 9.11 Å². The van der Waals surface area contributed by atoms with E-state index in [0.717, 1.165) is 0 Å². The summed E-state index contributed by atoms with van der Waals surface area (Å²) in [5, 5.41) is 0. The average molecular weight is 474 g/mol. The Labute approximate surface area is 156 Å². The Morgan fingerprint density at radius 3 is 1.24 bits per heavy atom. The van der Waals surface area contributed by atoms with Crippen LogP contribution < -0.4 is 0 Å². The van der Waals surface area contributed by atoms with Crippen LogP contribution in [0.15, 0.2) is 34.1 Å². The zero-order valence-corrected chi connectivity index (χ0v) is 14.8. The first-order chi connectivity index (χ1) is 12.9. The van der Waals surface area contributed by atoms with Gasteiger partial charge in [0.05, 0.1) is 10.5 Å². The smallest absolute Gasteiger partial charge is 0.282 e. The van der Waals surface area contributed by atoms with E-state index in [1.165, 1.54) is 0 Å². The molecule has 162 valence electrons. The topological polar surface area (TPSA) is 109 Å². The molecule has 0 fully saturated rings. The summed E-state index contributed by atoms with van der Waals surface area (Å²) in [6.45, 7) is 0. The van der Waals surface area contributed by atoms with Crippen molar-refractivity contribution in [2.45, 2.75) is 16.0 Å². The number of hydrogen-bond acceptors (Lipinski definition) is 4. The molecule has 0 heterocycles. The molecule has 0 spiro atoms. The lowest BCUT2D eigenvalue weighted by Crippen LogP contribution is -2.11. The summed E-state index contributed by atoms with van der Waals surface area (Å²) >= 11 is 0. The van der Waals surface area contributed by atoms with Gasteiger partial charge in [0, 0.05) is 0 Å². The van der Waals surface area contributed by atoms with E-state index in [1.807, 2.05) is 0 Å². The van der Waals surface area contributed by atoms with Crippen LogP contribution in [0.4, 0.5) is 35.1 Å². The van der Waals surface area contributed by atoms with Crippen LogP contribution in [0.25, 0.3) is 0 Å². The van der Waals surface area contributed by atoms with Gasteiger partial charge in [0.25, 0.3) is 10.1 Å². The molecule has 2 rings (SSSR count). The summed E-state index contributed by atoms with van der Waals surface area (Å²) in [6, 6.07) is 2.56. The minimum Gasteiger partial charge on any atom is -0.282 e. The molecule has 2 aromatic carbocycles. The minimum atomic E-state index is -5.52. The predicted octanol–water partition coefficient (Wildman–Crippen LogP) is 3.58. The van der Waals surface area contributed by atoms with Crippen molar-refractivity contribution in [1.29, 1.82) is 0 Å². The molecule has 0 unspecified atom stereocenters. The molecule has 0 bridgehead atoms. The molecule has 0 atom stereocenters. The third-order valence-corrected chi connectivity index (χ3v) is 4.65. The second-order valence-electron chi connectivity index (χ2n) is 4.87. The standard InChI is InChI=1S/C7H5F3O3S.C6HF5O3S/c8-7(9,10)5-1-3-6(4-2-5)14(11,12)13;7-1-2(8)4(10)6(15(12,13)14)5(11)3(1)9/h1-4H,(H,11,12,13);(H,12,13,14). The largest absolute Gasteiger partial charge is 0.416 e. The zero-order chi connectivity index (χ0) is 22.9. The SMILES string of the molecule is O=S(=O)(O)c1c(F)c(F)c(F)c(F)c1F.O=S(=O)(O)c1ccc(C(F)(F)F)cc1. The summed E-state index contributed by atoms with van der Waals surface area (Å²) in [6.07, 6.45) is -4.52. The predicted molar refractivity (Wildman–Crippen MR) is 77.3 cm³/mol. The van der Waals surface area contributed by atoms with Gasteiger partial charge in [-0.25, -0.2) is 22.0 Å². The van der Waals surface area contributed by atoms with E-state index < -0.39 is 70.9 Å². The Morgan fingerprint density at radius 1 is 0.621 bits per heavy atom. The van der Waals surface area contributed by atoms with Crippen molar-refractivity contribution >= 4 is 20.2 Å². The van der Waals surface area contributed by atoms with E-state index in [9.17, 15) is 52.0 Å². The van der Waals surface area contributed by atoms with Gasteiger partial charge >= 0.3 is 16.3 Å². The van der Waals surface area contributed by atoms with Crippen molar-refractivity contribution in [2.75, 3.05) is 0 Å². The van der Waals surface area contributed by atoms with Gasteiger partial charge in [-0.3, -0.25) is 9.11 Å². The Morgan fingerprint density at radius 2 is 0.966 bits per heavy atom. The molecule has 0 saturated heterocycles. The van der Waals surface area contributed by atoms with Gasteiger partial charge in [0.15, 0.2) is 28.2 Å². The summed E-state index contributed by atoms with van der Waals surface area (Å²) in [5.74, 6) is -12.6. The van der Waals surface area contributed by atoms with Crippen molar-refractivity contribution in [3.63, 3.8) is 0 Å². The molecule has 0 aliphatic rings. The lowest BCUT2D eigenvalue weighted by Gasteiger charge is -2.05. The quantitative estimate of drug-likeness (QED) is 0.298. The highest BCUT2D eigenvalue weighted by molar-refractivity contribution is 7.86. The van der Waals surface area contributed by atoms with E-state index in [1.54, 1.807) is 0 Å². The summed E-state index contributed by atoms with van der Waals surface area (Å²) < 4.78 is 157. The van der Waals surface area contributed by atoms with Crippen LogP contribution in [-0.2, 0) is 26.4 Å². The Bertz CT molecular complexity index is 1100. The van der Waals surface area contributed by atoms with E-state index in [0.29, 0.717) is 24.3 Å². The fourth-order valence-electron chi connectivity index (χ4n) is 1.63. The van der Waals surface area contributed by atoms with Gasteiger partial charge in [-0.05, 0) is 24.3 Å². The van der Waals surface area contributed by atoms with Crippen LogP contribution >= 0.6 is 0 Å². The molecule has 0 amide bonds. The second-order valence-corrected chi connectivity index (χ2v) is 7.65. The summed E-state index contributed by atoms with van der Waals surface area (Å²) in [4.78, 5) is -2.83. The fraction of sp³-hybridized carbons (Fsp3) is 0.0769. The van der Waals surface area contributed by atoms with Gasteiger partial charge in [0.1, 0.15) is 0 Å². The molecular weight excluding hydrogens is 468 g/mol. The highest BCUT2D eigenvalue weighted by atomic mass is 32.2. The molecule has 0 aliphatic heterocycles. The molecule has 2 aromatic rings. The first-order valence-corrected chi connectivity index (χ1v) is 9.40. The number of rotatable bonds is 2. The van der Waals surface area contributed by atoms with E-state index in [-0.39, 0.29) is 0 Å². The Balaban J connectivity index is 0.000000291. The van der Waals surface area contributed by atoms with Gasteiger partial charge in [-0.2, -0.15) is 30.0 Å². The van der Waals surface area contributed by atoms with Gasteiger partial charge < -0.3 is 0 Å². The molecule has 16 heteroatoms. The maximum atomic E-state index is 12.6. The molecule has 0 aliphatic carbocycles. The van der Waals surface area contributed by atoms with Gasteiger partial charge in [-0.15, -0.1) is 0 Å². The van der Waals surface area contributed by atoms with Crippen molar-refractivity contribution < 1.29 is 61.1 Å². The second kappa shape index (κ2) is 8.21. The molecule has 29 heavy (non-hydrogen) atoms. The molecule has 0 aromatic heterocycles. The van der Waals surface area contributed by atoms with Crippen LogP contribution in [0.3, 0.4) is 0 Å². The Hall–Kier alpha value is -2.30. The molecular formula is C13H6F8O6S2. The number of halogens is 8. The first kappa shape index (κ1) is 24.7. The first-order valence-electron chi connectivity index (χ1n) is 6.52. The molecule has 0 saturated carbocycles.